The third kappa shape index (κ3) is 11.7. The van der Waals surface area contributed by atoms with Gasteiger partial charge in [-0.1, -0.05) is 0 Å². The molecule has 0 nitrogen and oxygen atoms in total. The van der Waals surface area contributed by atoms with Gasteiger partial charge in [-0.15, -0.1) is 0 Å². The molecule has 0 aliphatic rings. The van der Waals surface area contributed by atoms with Crippen molar-refractivity contribution < 1.29 is 21.1 Å². The van der Waals surface area contributed by atoms with Crippen LogP contribution in [0.5, 0.6) is 0 Å². The van der Waals surface area contributed by atoms with Gasteiger partial charge < -0.3 is 0 Å². The van der Waals surface area contributed by atoms with E-state index in [1.807, 2.05) is 12.5 Å². The Morgan fingerprint density at radius 2 is 1.25 bits per heavy atom. The van der Waals surface area contributed by atoms with E-state index in [1.54, 1.807) is 11.8 Å². The fourth-order valence-electron chi connectivity index (χ4n) is 0. The maximum atomic E-state index is 2.04. The van der Waals surface area contributed by atoms with Crippen LogP contribution in [0.25, 0.3) is 0 Å². The van der Waals surface area contributed by atoms with Crippen LogP contribution in [0.3, 0.4) is 0 Å². The maximum Gasteiger partial charge on any atom is 0 e. The van der Waals surface area contributed by atoms with Gasteiger partial charge in [-0.25, -0.2) is 0 Å². The van der Waals surface area contributed by atoms with Gasteiger partial charge in [-0.2, -0.15) is 11.8 Å². The first kappa shape index (κ1) is 8.90. The average Bonchev–Trinajstić information content (AvgIpc) is 0.918. The third-order valence-electron chi connectivity index (χ3n) is 0. The summed E-state index contributed by atoms with van der Waals surface area (Å²) in [5.74, 6) is 0. The van der Waals surface area contributed by atoms with Crippen LogP contribution in [-0.4, -0.2) is 12.5 Å². The Bertz CT molecular complexity index is 6.00. The molecule has 0 saturated carbocycles. The first-order valence-corrected chi connectivity index (χ1v) is 2.45. The van der Waals surface area contributed by atoms with E-state index in [9.17, 15) is 0 Å². The molecule has 0 unspecified atom stereocenters. The predicted octanol–water partition coefficient (Wildman–Crippen LogP) is 0.977. The molecular formula is C2H6PtS. The summed E-state index contributed by atoms with van der Waals surface area (Å²) in [4.78, 5) is 0. The Hall–Kier alpha value is 1.04. The van der Waals surface area contributed by atoms with Gasteiger partial charge >= 0.3 is 0 Å². The minimum Gasteiger partial charge on any atom is -0.169 e. The van der Waals surface area contributed by atoms with Crippen LogP contribution in [0.15, 0.2) is 0 Å². The van der Waals surface area contributed by atoms with Gasteiger partial charge in [0.15, 0.2) is 0 Å². The van der Waals surface area contributed by atoms with Crippen molar-refractivity contribution in [1.82, 2.24) is 0 Å². The zero-order chi connectivity index (χ0) is 2.71. The van der Waals surface area contributed by atoms with E-state index in [4.69, 9.17) is 0 Å². The molecule has 2 heteroatoms. The van der Waals surface area contributed by atoms with Gasteiger partial charge in [-0.3, -0.25) is 0 Å². The molecule has 0 spiro atoms. The van der Waals surface area contributed by atoms with Crippen LogP contribution in [0, 0.1) is 0 Å². The molecule has 0 amide bonds. The van der Waals surface area contributed by atoms with Crippen LogP contribution < -0.4 is 0 Å². The molecule has 0 atom stereocenters. The van der Waals surface area contributed by atoms with Gasteiger partial charge in [0.05, 0.1) is 0 Å². The Kier molecular flexibility index (Phi) is 20.0. The summed E-state index contributed by atoms with van der Waals surface area (Å²) in [7, 11) is 0. The summed E-state index contributed by atoms with van der Waals surface area (Å²) in [5.41, 5.74) is 0. The molecule has 0 aromatic carbocycles. The van der Waals surface area contributed by atoms with Gasteiger partial charge in [0, 0.05) is 21.1 Å². The van der Waals surface area contributed by atoms with Crippen molar-refractivity contribution in [3.8, 4) is 0 Å². The molecule has 0 aromatic heterocycles. The number of thioether (sulfide) groups is 1. The van der Waals surface area contributed by atoms with Crippen molar-refractivity contribution in [2.75, 3.05) is 12.5 Å². The van der Waals surface area contributed by atoms with Crippen molar-refractivity contribution in [1.29, 1.82) is 0 Å². The second-order valence-corrected chi connectivity index (χ2v) is 1.22. The smallest absolute Gasteiger partial charge is 0 e. The average molecular weight is 257 g/mol. The molecule has 0 heterocycles. The molecule has 0 rings (SSSR count). The predicted molar refractivity (Wildman–Crippen MR) is 19.4 cm³/mol. The second-order valence-electron chi connectivity index (χ2n) is 0.408. The SMILES string of the molecule is CSC.[Pt]. The quantitative estimate of drug-likeness (QED) is 0.623. The molecule has 30 valence electrons. The Morgan fingerprint density at radius 3 is 1.25 bits per heavy atom. The summed E-state index contributed by atoms with van der Waals surface area (Å²) in [6.07, 6.45) is 4.08. The van der Waals surface area contributed by atoms with Crippen molar-refractivity contribution in [2.45, 2.75) is 0 Å². The van der Waals surface area contributed by atoms with Crippen LogP contribution in [0.2, 0.25) is 0 Å². The third-order valence-corrected chi connectivity index (χ3v) is 0. The molecule has 0 aliphatic carbocycles. The molecule has 0 radical (unpaired) electrons. The fourth-order valence-corrected chi connectivity index (χ4v) is 0. The summed E-state index contributed by atoms with van der Waals surface area (Å²) >= 11 is 1.75. The van der Waals surface area contributed by atoms with Crippen LogP contribution in [-0.2, 0) is 21.1 Å². The van der Waals surface area contributed by atoms with Gasteiger partial charge in [0.2, 0.25) is 0 Å². The largest absolute Gasteiger partial charge is 0.169 e. The number of rotatable bonds is 0. The molecule has 4 heavy (non-hydrogen) atoms. The van der Waals surface area contributed by atoms with Crippen molar-refractivity contribution in [2.24, 2.45) is 0 Å². The van der Waals surface area contributed by atoms with Crippen LogP contribution in [0.4, 0.5) is 0 Å². The molecule has 0 saturated heterocycles. The summed E-state index contributed by atoms with van der Waals surface area (Å²) < 4.78 is 0. The Labute approximate surface area is 45.6 Å². The molecular weight excluding hydrogens is 251 g/mol. The Balaban J connectivity index is 0. The molecule has 0 N–H and O–H groups in total. The molecule has 0 aromatic rings. The minimum atomic E-state index is 0. The first-order valence-electron chi connectivity index (χ1n) is 0.816. The van der Waals surface area contributed by atoms with Gasteiger partial charge in [-0.05, 0) is 12.5 Å². The zero-order valence-electron chi connectivity index (χ0n) is 2.72. The maximum absolute atomic E-state index is 2.04. The second kappa shape index (κ2) is 8.97. The minimum absolute atomic E-state index is 0. The van der Waals surface area contributed by atoms with E-state index < -0.39 is 0 Å². The van der Waals surface area contributed by atoms with Crippen molar-refractivity contribution in [3.05, 3.63) is 0 Å². The fraction of sp³-hybridized carbons (Fsp3) is 1.00. The van der Waals surface area contributed by atoms with E-state index in [0.717, 1.165) is 0 Å². The summed E-state index contributed by atoms with van der Waals surface area (Å²) in [5, 5.41) is 0. The molecule has 0 fully saturated rings. The summed E-state index contributed by atoms with van der Waals surface area (Å²) in [6.45, 7) is 0. The van der Waals surface area contributed by atoms with Crippen molar-refractivity contribution in [3.63, 3.8) is 0 Å². The normalized spacial score (nSPS) is 4.50. The number of hydrogen-bond acceptors (Lipinski definition) is 1. The van der Waals surface area contributed by atoms with Crippen molar-refractivity contribution >= 4 is 11.8 Å². The molecule has 0 aliphatic heterocycles. The van der Waals surface area contributed by atoms with Crippen LogP contribution >= 0.6 is 11.8 Å². The zero-order valence-corrected chi connectivity index (χ0v) is 5.81. The monoisotopic (exact) mass is 257 g/mol. The first-order chi connectivity index (χ1) is 1.41. The van der Waals surface area contributed by atoms with Gasteiger partial charge in [0.1, 0.15) is 0 Å². The summed E-state index contributed by atoms with van der Waals surface area (Å²) in [6, 6.07) is 0. The standard InChI is InChI=1S/C2H6S.Pt/c1-3-2;/h1-2H3;. The van der Waals surface area contributed by atoms with E-state index in [1.165, 1.54) is 0 Å². The topological polar surface area (TPSA) is 0 Å². The van der Waals surface area contributed by atoms with E-state index in [-0.39, 0.29) is 21.1 Å². The Morgan fingerprint density at radius 1 is 1.25 bits per heavy atom. The number of hydrogen-bond donors (Lipinski definition) is 0. The van der Waals surface area contributed by atoms with E-state index in [2.05, 4.69) is 0 Å². The van der Waals surface area contributed by atoms with Gasteiger partial charge in [0.25, 0.3) is 0 Å². The van der Waals surface area contributed by atoms with Crippen LogP contribution in [0.1, 0.15) is 0 Å². The molecule has 0 bridgehead atoms. The van der Waals surface area contributed by atoms with E-state index >= 15 is 0 Å². The van der Waals surface area contributed by atoms with E-state index in [0.29, 0.717) is 0 Å².